The fourth-order valence-electron chi connectivity index (χ4n) is 3.58. The summed E-state index contributed by atoms with van der Waals surface area (Å²) in [6.07, 6.45) is 2.39. The molecule has 0 spiro atoms. The number of rotatable bonds is 6. The number of H-pyrrole nitrogens is 1. The Morgan fingerprint density at radius 1 is 1.03 bits per heavy atom. The van der Waals surface area contributed by atoms with Crippen molar-refractivity contribution in [2.24, 2.45) is 7.05 Å². The van der Waals surface area contributed by atoms with Gasteiger partial charge in [-0.05, 0) is 17.2 Å². The van der Waals surface area contributed by atoms with Crippen molar-refractivity contribution in [1.82, 2.24) is 14.5 Å². The molecule has 0 radical (unpaired) electrons. The average Bonchev–Trinajstić information content (AvgIpc) is 3.21. The molecule has 2 N–H and O–H groups in total. The van der Waals surface area contributed by atoms with Crippen LogP contribution in [0.5, 0.6) is 0 Å². The topological polar surface area (TPSA) is 78.3 Å². The standard InChI is InChI=1S/C24H23N3O3/c1-26-13-12-19-20(23(26)29)14-25-22(19)24(30)27(15-17-8-4-2-5-9-17)16-21(28)18-10-6-3-7-11-18/h2-14,21,25,28H,15-16H2,1H3. The minimum atomic E-state index is -0.826. The zero-order chi connectivity index (χ0) is 21.1. The van der Waals surface area contributed by atoms with Gasteiger partial charge in [-0.3, -0.25) is 9.59 Å². The molecule has 1 unspecified atom stereocenters. The van der Waals surface area contributed by atoms with E-state index in [1.165, 1.54) is 4.57 Å². The van der Waals surface area contributed by atoms with Crippen LogP contribution in [0.4, 0.5) is 0 Å². The maximum absolute atomic E-state index is 13.5. The van der Waals surface area contributed by atoms with Gasteiger partial charge in [-0.25, -0.2) is 0 Å². The Balaban J connectivity index is 1.69. The second-order valence-corrected chi connectivity index (χ2v) is 7.32. The van der Waals surface area contributed by atoms with Crippen molar-refractivity contribution in [2.75, 3.05) is 6.54 Å². The highest BCUT2D eigenvalue weighted by Crippen LogP contribution is 2.21. The van der Waals surface area contributed by atoms with Gasteiger partial charge in [0, 0.05) is 31.4 Å². The van der Waals surface area contributed by atoms with Gasteiger partial charge in [-0.15, -0.1) is 0 Å². The van der Waals surface area contributed by atoms with Crippen LogP contribution >= 0.6 is 0 Å². The van der Waals surface area contributed by atoms with E-state index < -0.39 is 6.10 Å². The Kier molecular flexibility index (Phi) is 5.50. The number of hydrogen-bond acceptors (Lipinski definition) is 3. The van der Waals surface area contributed by atoms with Crippen molar-refractivity contribution in [3.63, 3.8) is 0 Å². The van der Waals surface area contributed by atoms with E-state index in [9.17, 15) is 14.7 Å². The monoisotopic (exact) mass is 401 g/mol. The zero-order valence-electron chi connectivity index (χ0n) is 16.7. The zero-order valence-corrected chi connectivity index (χ0v) is 16.7. The number of aliphatic hydroxyl groups excluding tert-OH is 1. The van der Waals surface area contributed by atoms with Gasteiger partial charge >= 0.3 is 0 Å². The van der Waals surface area contributed by atoms with Crippen LogP contribution in [0.1, 0.15) is 27.7 Å². The molecule has 6 heteroatoms. The predicted molar refractivity (Wildman–Crippen MR) is 116 cm³/mol. The van der Waals surface area contributed by atoms with Gasteiger partial charge in [0.25, 0.3) is 11.5 Å². The van der Waals surface area contributed by atoms with Crippen molar-refractivity contribution in [2.45, 2.75) is 12.6 Å². The number of nitrogens with one attached hydrogen (secondary N) is 1. The minimum absolute atomic E-state index is 0.128. The van der Waals surface area contributed by atoms with Crippen molar-refractivity contribution in [3.05, 3.63) is 106 Å². The maximum atomic E-state index is 13.5. The quantitative estimate of drug-likeness (QED) is 0.521. The number of aromatic amines is 1. The SMILES string of the molecule is Cn1ccc2c(C(=O)N(Cc3ccccc3)CC(O)c3ccccc3)[nH]cc2c1=O. The number of carbonyl (C=O) groups is 1. The summed E-state index contributed by atoms with van der Waals surface area (Å²) >= 11 is 0. The van der Waals surface area contributed by atoms with E-state index in [1.807, 2.05) is 60.7 Å². The first-order chi connectivity index (χ1) is 14.5. The third-order valence-corrected chi connectivity index (χ3v) is 5.23. The third-order valence-electron chi connectivity index (χ3n) is 5.23. The van der Waals surface area contributed by atoms with Crippen LogP contribution in [0.3, 0.4) is 0 Å². The number of aryl methyl sites for hydroxylation is 1. The molecule has 0 aliphatic carbocycles. The molecule has 4 aromatic rings. The molecule has 0 fully saturated rings. The number of nitrogens with zero attached hydrogens (tertiary/aromatic N) is 2. The van der Waals surface area contributed by atoms with Crippen LogP contribution in [0.15, 0.2) is 83.9 Å². The molecule has 1 amide bonds. The van der Waals surface area contributed by atoms with E-state index in [0.717, 1.165) is 11.1 Å². The lowest BCUT2D eigenvalue weighted by molar-refractivity contribution is 0.0600. The fourth-order valence-corrected chi connectivity index (χ4v) is 3.58. The van der Waals surface area contributed by atoms with E-state index in [2.05, 4.69) is 4.98 Å². The summed E-state index contributed by atoms with van der Waals surface area (Å²) in [6.45, 7) is 0.470. The Morgan fingerprint density at radius 2 is 1.70 bits per heavy atom. The van der Waals surface area contributed by atoms with Crippen LogP contribution in [0, 0.1) is 0 Å². The first-order valence-electron chi connectivity index (χ1n) is 9.77. The molecular formula is C24H23N3O3. The highest BCUT2D eigenvalue weighted by molar-refractivity contribution is 6.05. The van der Waals surface area contributed by atoms with Gasteiger partial charge in [0.15, 0.2) is 0 Å². The Morgan fingerprint density at radius 3 is 2.40 bits per heavy atom. The first kappa shape index (κ1) is 19.7. The molecule has 2 aromatic heterocycles. The highest BCUT2D eigenvalue weighted by Gasteiger charge is 2.23. The van der Waals surface area contributed by atoms with Crippen molar-refractivity contribution in [3.8, 4) is 0 Å². The van der Waals surface area contributed by atoms with Gasteiger partial charge in [-0.1, -0.05) is 60.7 Å². The predicted octanol–water partition coefficient (Wildman–Crippen LogP) is 3.24. The normalized spacial score (nSPS) is 12.1. The molecule has 2 aromatic carbocycles. The molecule has 0 saturated carbocycles. The van der Waals surface area contributed by atoms with Gasteiger partial charge in [-0.2, -0.15) is 0 Å². The molecule has 1 atom stereocenters. The molecule has 0 aliphatic heterocycles. The molecular weight excluding hydrogens is 378 g/mol. The largest absolute Gasteiger partial charge is 0.387 e. The van der Waals surface area contributed by atoms with E-state index in [4.69, 9.17) is 0 Å². The van der Waals surface area contributed by atoms with Gasteiger partial charge in [0.1, 0.15) is 5.69 Å². The number of fused-ring (bicyclic) bond motifs is 1. The lowest BCUT2D eigenvalue weighted by atomic mass is 10.1. The van der Waals surface area contributed by atoms with E-state index >= 15 is 0 Å². The van der Waals surface area contributed by atoms with Crippen molar-refractivity contribution < 1.29 is 9.90 Å². The molecule has 0 saturated heterocycles. The molecule has 152 valence electrons. The summed E-state index contributed by atoms with van der Waals surface area (Å²) in [4.78, 5) is 30.4. The van der Waals surface area contributed by atoms with Crippen LogP contribution < -0.4 is 5.56 Å². The number of aliphatic hydroxyl groups is 1. The Hall–Kier alpha value is -3.64. The third kappa shape index (κ3) is 3.90. The summed E-state index contributed by atoms with van der Waals surface area (Å²) in [5, 5.41) is 11.8. The van der Waals surface area contributed by atoms with Gasteiger partial charge < -0.3 is 19.6 Å². The second kappa shape index (κ2) is 8.39. The van der Waals surface area contributed by atoms with Crippen molar-refractivity contribution in [1.29, 1.82) is 0 Å². The maximum Gasteiger partial charge on any atom is 0.271 e. The molecule has 0 aliphatic rings. The van der Waals surface area contributed by atoms with Crippen LogP contribution in [-0.2, 0) is 13.6 Å². The molecule has 2 heterocycles. The lowest BCUT2D eigenvalue weighted by Crippen LogP contribution is -2.34. The number of pyridine rings is 1. The number of amides is 1. The summed E-state index contributed by atoms with van der Waals surface area (Å²) in [5.74, 6) is -0.267. The van der Waals surface area contributed by atoms with Gasteiger partial charge in [0.05, 0.1) is 18.0 Å². The molecule has 0 bridgehead atoms. The number of benzene rings is 2. The van der Waals surface area contributed by atoms with E-state index in [0.29, 0.717) is 23.0 Å². The number of hydrogen-bond donors (Lipinski definition) is 2. The molecule has 4 rings (SSSR count). The molecule has 6 nitrogen and oxygen atoms in total. The van der Waals surface area contributed by atoms with E-state index in [1.54, 1.807) is 30.4 Å². The fraction of sp³-hybridized carbons (Fsp3) is 0.167. The molecule has 30 heavy (non-hydrogen) atoms. The van der Waals surface area contributed by atoms with Crippen molar-refractivity contribution >= 4 is 16.7 Å². The highest BCUT2D eigenvalue weighted by atomic mass is 16.3. The van der Waals surface area contributed by atoms with Gasteiger partial charge in [0.2, 0.25) is 0 Å². The summed E-state index contributed by atoms with van der Waals surface area (Å²) in [7, 11) is 1.67. The summed E-state index contributed by atoms with van der Waals surface area (Å²) in [6, 6.07) is 20.7. The Bertz CT molecular complexity index is 1210. The summed E-state index contributed by atoms with van der Waals surface area (Å²) in [5.41, 5.74) is 1.88. The average molecular weight is 401 g/mol. The first-order valence-corrected chi connectivity index (χ1v) is 9.77. The van der Waals surface area contributed by atoms with Crippen LogP contribution in [0.25, 0.3) is 10.8 Å². The van der Waals surface area contributed by atoms with Crippen LogP contribution in [-0.4, -0.2) is 32.0 Å². The van der Waals surface area contributed by atoms with Crippen LogP contribution in [0.2, 0.25) is 0 Å². The second-order valence-electron chi connectivity index (χ2n) is 7.32. The Labute approximate surface area is 174 Å². The van der Waals surface area contributed by atoms with E-state index in [-0.39, 0.29) is 18.0 Å². The minimum Gasteiger partial charge on any atom is -0.387 e. The number of carbonyl (C=O) groups excluding carboxylic acids is 1. The lowest BCUT2D eigenvalue weighted by Gasteiger charge is -2.25. The number of aromatic nitrogens is 2. The smallest absolute Gasteiger partial charge is 0.271 e. The summed E-state index contributed by atoms with van der Waals surface area (Å²) < 4.78 is 1.48.